The Balaban J connectivity index is 2.03. The maximum Gasteiger partial charge on any atom is 0.295 e. The number of likely N-dealkylation sites (tertiary alicyclic amines) is 1. The van der Waals surface area contributed by atoms with Crippen molar-refractivity contribution in [1.82, 2.24) is 9.80 Å². The number of hydrogen-bond donors (Lipinski definition) is 1. The van der Waals surface area contributed by atoms with E-state index in [2.05, 4.69) is 4.90 Å². The van der Waals surface area contributed by atoms with Gasteiger partial charge in [-0.05, 0) is 48.8 Å². The summed E-state index contributed by atoms with van der Waals surface area (Å²) in [6.45, 7) is 6.80. The van der Waals surface area contributed by atoms with Crippen LogP contribution < -0.4 is 0 Å². The van der Waals surface area contributed by atoms with E-state index in [0.29, 0.717) is 18.7 Å². The number of amides is 1. The molecule has 0 spiro atoms. The highest BCUT2D eigenvalue weighted by Crippen LogP contribution is 2.40. The lowest BCUT2D eigenvalue weighted by Gasteiger charge is -2.27. The second-order valence-corrected chi connectivity index (χ2v) is 7.52. The van der Waals surface area contributed by atoms with Gasteiger partial charge < -0.3 is 14.9 Å². The van der Waals surface area contributed by atoms with Gasteiger partial charge in [-0.2, -0.15) is 0 Å². The molecule has 3 rings (SSSR count). The molecule has 0 saturated carbocycles. The number of aliphatic hydroxyl groups is 1. The number of halogens is 1. The average molecular weight is 402 g/mol. The van der Waals surface area contributed by atoms with E-state index in [9.17, 15) is 19.1 Å². The standard InChI is InChI=1S/C21H23FN2O3S/c1-3-23(4-2)11-12-24-18(16-6-5-13-28-16)17(20(26)21(24)27)19(25)14-7-9-15(22)10-8-14/h5-10,13,18,25H,3-4,11-12H2,1-2H3/b19-17+/t18-/m1/s1. The highest BCUT2D eigenvalue weighted by molar-refractivity contribution is 7.10. The van der Waals surface area contributed by atoms with Crippen LogP contribution in [-0.2, 0) is 9.59 Å². The third-order valence-electron chi connectivity index (χ3n) is 5.02. The molecule has 28 heavy (non-hydrogen) atoms. The van der Waals surface area contributed by atoms with Gasteiger partial charge in [-0.1, -0.05) is 19.9 Å². The van der Waals surface area contributed by atoms with Gasteiger partial charge in [0.2, 0.25) is 0 Å². The van der Waals surface area contributed by atoms with Gasteiger partial charge in [-0.3, -0.25) is 9.59 Å². The Morgan fingerprint density at radius 3 is 2.43 bits per heavy atom. The summed E-state index contributed by atoms with van der Waals surface area (Å²) in [5.41, 5.74) is 0.364. The van der Waals surface area contributed by atoms with Crippen LogP contribution in [0.25, 0.3) is 5.76 Å². The topological polar surface area (TPSA) is 60.9 Å². The van der Waals surface area contributed by atoms with Crippen molar-refractivity contribution in [3.63, 3.8) is 0 Å². The summed E-state index contributed by atoms with van der Waals surface area (Å²) in [7, 11) is 0. The smallest absolute Gasteiger partial charge is 0.295 e. The van der Waals surface area contributed by atoms with Gasteiger partial charge in [0.1, 0.15) is 11.6 Å². The molecule has 2 heterocycles. The number of hydrogen-bond acceptors (Lipinski definition) is 5. The lowest BCUT2D eigenvalue weighted by Crippen LogP contribution is -2.37. The minimum atomic E-state index is -0.709. The number of likely N-dealkylation sites (N-methyl/N-ethyl adjacent to an activating group) is 1. The first-order chi connectivity index (χ1) is 13.5. The zero-order chi connectivity index (χ0) is 20.3. The predicted octanol–water partition coefficient (Wildman–Crippen LogP) is 3.65. The lowest BCUT2D eigenvalue weighted by atomic mass is 10.00. The van der Waals surface area contributed by atoms with Gasteiger partial charge in [0, 0.05) is 23.5 Å². The second-order valence-electron chi connectivity index (χ2n) is 6.54. The molecule has 0 unspecified atom stereocenters. The molecule has 1 aliphatic heterocycles. The normalized spacial score (nSPS) is 19.0. The number of aliphatic hydroxyl groups excluding tert-OH is 1. The van der Waals surface area contributed by atoms with Gasteiger partial charge in [-0.15, -0.1) is 11.3 Å². The van der Waals surface area contributed by atoms with E-state index in [0.717, 1.165) is 18.0 Å². The number of carbonyl (C=O) groups is 2. The number of Topliss-reactive ketones (excluding diaryl/α,β-unsaturated/α-hetero) is 1. The van der Waals surface area contributed by atoms with Crippen LogP contribution in [0, 0.1) is 5.82 Å². The molecule has 1 N–H and O–H groups in total. The molecule has 1 aromatic carbocycles. The van der Waals surface area contributed by atoms with Crippen molar-refractivity contribution in [1.29, 1.82) is 0 Å². The van der Waals surface area contributed by atoms with Crippen LogP contribution in [-0.4, -0.2) is 52.8 Å². The van der Waals surface area contributed by atoms with Gasteiger partial charge in [0.05, 0.1) is 11.6 Å². The largest absolute Gasteiger partial charge is 0.507 e. The summed E-state index contributed by atoms with van der Waals surface area (Å²) in [5, 5.41) is 12.7. The highest BCUT2D eigenvalue weighted by Gasteiger charge is 2.46. The van der Waals surface area contributed by atoms with E-state index in [4.69, 9.17) is 0 Å². The maximum absolute atomic E-state index is 13.2. The summed E-state index contributed by atoms with van der Waals surface area (Å²) < 4.78 is 13.2. The van der Waals surface area contributed by atoms with E-state index in [1.807, 2.05) is 31.4 Å². The molecule has 5 nitrogen and oxygen atoms in total. The van der Waals surface area contributed by atoms with Crippen LogP contribution in [0.2, 0.25) is 0 Å². The van der Waals surface area contributed by atoms with Gasteiger partial charge in [-0.25, -0.2) is 4.39 Å². The molecular weight excluding hydrogens is 379 g/mol. The minimum absolute atomic E-state index is 0.0543. The molecule has 7 heteroatoms. The molecule has 148 valence electrons. The number of benzene rings is 1. The summed E-state index contributed by atoms with van der Waals surface area (Å²) in [5.74, 6) is -2.04. The quantitative estimate of drug-likeness (QED) is 0.436. The van der Waals surface area contributed by atoms with E-state index < -0.39 is 23.5 Å². The number of carbonyl (C=O) groups excluding carboxylic acids is 2. The monoisotopic (exact) mass is 402 g/mol. The Labute approximate surface area is 167 Å². The molecule has 1 fully saturated rings. The van der Waals surface area contributed by atoms with Gasteiger partial charge in [0.15, 0.2) is 0 Å². The number of thiophene rings is 1. The van der Waals surface area contributed by atoms with Crippen molar-refractivity contribution in [2.75, 3.05) is 26.2 Å². The Morgan fingerprint density at radius 2 is 1.86 bits per heavy atom. The van der Waals surface area contributed by atoms with E-state index in [1.54, 1.807) is 0 Å². The molecule has 1 aliphatic rings. The fourth-order valence-electron chi connectivity index (χ4n) is 3.41. The van der Waals surface area contributed by atoms with E-state index >= 15 is 0 Å². The van der Waals surface area contributed by atoms with Gasteiger partial charge >= 0.3 is 0 Å². The van der Waals surface area contributed by atoms with Crippen molar-refractivity contribution in [3.8, 4) is 0 Å². The van der Waals surface area contributed by atoms with Gasteiger partial charge in [0.25, 0.3) is 11.7 Å². The molecule has 0 radical (unpaired) electrons. The Morgan fingerprint density at radius 1 is 1.18 bits per heavy atom. The fraction of sp³-hybridized carbons (Fsp3) is 0.333. The summed E-state index contributed by atoms with van der Waals surface area (Å²) in [6, 6.07) is 8.29. The molecule has 1 aromatic heterocycles. The highest BCUT2D eigenvalue weighted by atomic mass is 32.1. The molecule has 1 atom stereocenters. The van der Waals surface area contributed by atoms with E-state index in [-0.39, 0.29) is 11.3 Å². The Kier molecular flexibility index (Phi) is 6.26. The molecule has 1 amide bonds. The zero-order valence-electron chi connectivity index (χ0n) is 15.9. The zero-order valence-corrected chi connectivity index (χ0v) is 16.7. The maximum atomic E-state index is 13.2. The first-order valence-electron chi connectivity index (χ1n) is 9.28. The summed E-state index contributed by atoms with van der Waals surface area (Å²) >= 11 is 1.43. The molecule has 0 bridgehead atoms. The van der Waals surface area contributed by atoms with Crippen LogP contribution in [0.3, 0.4) is 0 Å². The van der Waals surface area contributed by atoms with E-state index in [1.165, 1.54) is 40.5 Å². The van der Waals surface area contributed by atoms with Crippen LogP contribution >= 0.6 is 11.3 Å². The third-order valence-corrected chi connectivity index (χ3v) is 5.95. The molecular formula is C21H23FN2O3S. The average Bonchev–Trinajstić information content (AvgIpc) is 3.31. The fourth-order valence-corrected chi connectivity index (χ4v) is 4.25. The number of ketones is 1. The van der Waals surface area contributed by atoms with Crippen molar-refractivity contribution < 1.29 is 19.1 Å². The molecule has 2 aromatic rings. The summed E-state index contributed by atoms with van der Waals surface area (Å²) in [6.07, 6.45) is 0. The Hall–Kier alpha value is -2.51. The minimum Gasteiger partial charge on any atom is -0.507 e. The van der Waals surface area contributed by atoms with Crippen LogP contribution in [0.15, 0.2) is 47.4 Å². The summed E-state index contributed by atoms with van der Waals surface area (Å²) in [4.78, 5) is 30.1. The first-order valence-corrected chi connectivity index (χ1v) is 10.2. The number of rotatable bonds is 7. The second kappa shape index (κ2) is 8.67. The Bertz CT molecular complexity index is 874. The number of nitrogens with zero attached hydrogens (tertiary/aromatic N) is 2. The molecule has 0 aliphatic carbocycles. The predicted molar refractivity (Wildman–Crippen MR) is 108 cm³/mol. The van der Waals surface area contributed by atoms with Crippen molar-refractivity contribution >= 4 is 28.8 Å². The molecule has 1 saturated heterocycles. The first kappa shape index (κ1) is 20.2. The van der Waals surface area contributed by atoms with Crippen molar-refractivity contribution in [3.05, 3.63) is 63.6 Å². The third kappa shape index (κ3) is 3.86. The van der Waals surface area contributed by atoms with Crippen LogP contribution in [0.5, 0.6) is 0 Å². The van der Waals surface area contributed by atoms with Crippen molar-refractivity contribution in [2.24, 2.45) is 0 Å². The van der Waals surface area contributed by atoms with Crippen LogP contribution in [0.1, 0.15) is 30.3 Å². The SMILES string of the molecule is CCN(CC)CCN1C(=O)C(=O)/C(=C(/O)c2ccc(F)cc2)[C@H]1c1cccs1. The lowest BCUT2D eigenvalue weighted by molar-refractivity contribution is -0.140. The van der Waals surface area contributed by atoms with Crippen LogP contribution in [0.4, 0.5) is 4.39 Å². The van der Waals surface area contributed by atoms with Crippen molar-refractivity contribution in [2.45, 2.75) is 19.9 Å².